The number of carbonyl (C=O) groups is 1. The monoisotopic (exact) mass is 276 g/mol. The van der Waals surface area contributed by atoms with Crippen LogP contribution < -0.4 is 0 Å². The van der Waals surface area contributed by atoms with Gasteiger partial charge >= 0.3 is 0 Å². The molecule has 3 nitrogen and oxygen atoms in total. The van der Waals surface area contributed by atoms with E-state index >= 15 is 0 Å². The van der Waals surface area contributed by atoms with Gasteiger partial charge in [0, 0.05) is 12.0 Å². The van der Waals surface area contributed by atoms with Gasteiger partial charge in [-0.1, -0.05) is 60.7 Å². The van der Waals surface area contributed by atoms with Crippen LogP contribution in [0.25, 0.3) is 0 Å². The molecule has 3 heteroatoms. The van der Waals surface area contributed by atoms with Crippen molar-refractivity contribution in [1.29, 1.82) is 0 Å². The minimum atomic E-state index is 0.0667. The topological polar surface area (TPSA) is 41.8 Å². The molecule has 0 bridgehead atoms. The average molecular weight is 276 g/mol. The van der Waals surface area contributed by atoms with E-state index < -0.39 is 0 Å². The number of Topliss-reactive ketones (excluding diaryl/α,β-unsaturated/α-hetero) is 1. The zero-order valence-electron chi connectivity index (χ0n) is 11.7. The molecule has 0 amide bonds. The lowest BCUT2D eigenvalue weighted by atomic mass is 9.99. The summed E-state index contributed by atoms with van der Waals surface area (Å²) < 4.78 is 0. The van der Waals surface area contributed by atoms with Crippen molar-refractivity contribution in [3.63, 3.8) is 0 Å². The molecule has 0 aliphatic carbocycles. The number of hydrogen-bond acceptors (Lipinski definition) is 3. The third-order valence-electron chi connectivity index (χ3n) is 3.51. The van der Waals surface area contributed by atoms with Gasteiger partial charge in [0.25, 0.3) is 0 Å². The molecule has 104 valence electrons. The molecule has 0 N–H and O–H groups in total. The summed E-state index contributed by atoms with van der Waals surface area (Å²) in [5.74, 6) is 0.0667. The van der Waals surface area contributed by atoms with Crippen molar-refractivity contribution < 1.29 is 4.79 Å². The molecule has 0 saturated carbocycles. The quantitative estimate of drug-likeness (QED) is 0.825. The van der Waals surface area contributed by atoms with Crippen molar-refractivity contribution in [1.82, 2.24) is 0 Å². The Kier molecular flexibility index (Phi) is 4.01. The van der Waals surface area contributed by atoms with Gasteiger partial charge in [-0.05, 0) is 18.4 Å². The van der Waals surface area contributed by atoms with Gasteiger partial charge in [0.2, 0.25) is 0 Å². The maximum Gasteiger partial charge on any atom is 0.183 e. The second kappa shape index (κ2) is 6.27. The second-order valence-electron chi connectivity index (χ2n) is 5.00. The van der Waals surface area contributed by atoms with Gasteiger partial charge in [-0.15, -0.1) is 5.10 Å². The number of ketones is 1. The SMILES string of the molecule is O=C1CCC/C(c2ccccc2)=N\N=C1c1ccccc1. The fraction of sp³-hybridized carbons (Fsp3) is 0.167. The van der Waals surface area contributed by atoms with Gasteiger partial charge in [-0.3, -0.25) is 4.79 Å². The van der Waals surface area contributed by atoms with Crippen LogP contribution in [-0.2, 0) is 4.79 Å². The zero-order chi connectivity index (χ0) is 14.5. The molecule has 0 unspecified atom stereocenters. The largest absolute Gasteiger partial charge is 0.292 e. The number of carbonyl (C=O) groups excluding carboxylic acids is 1. The Hall–Kier alpha value is -2.55. The normalized spacial score (nSPS) is 18.2. The Morgan fingerprint density at radius 2 is 1.33 bits per heavy atom. The summed E-state index contributed by atoms with van der Waals surface area (Å²) in [7, 11) is 0. The van der Waals surface area contributed by atoms with E-state index in [0.717, 1.165) is 29.7 Å². The Balaban J connectivity index is 2.01. The summed E-state index contributed by atoms with van der Waals surface area (Å²) in [5.41, 5.74) is 3.31. The summed E-state index contributed by atoms with van der Waals surface area (Å²) in [6.45, 7) is 0. The Morgan fingerprint density at radius 1 is 0.714 bits per heavy atom. The molecule has 0 radical (unpaired) electrons. The van der Waals surface area contributed by atoms with Crippen molar-refractivity contribution in [2.45, 2.75) is 19.3 Å². The van der Waals surface area contributed by atoms with Crippen LogP contribution in [0.2, 0.25) is 0 Å². The summed E-state index contributed by atoms with van der Waals surface area (Å²) >= 11 is 0. The van der Waals surface area contributed by atoms with E-state index in [1.165, 1.54) is 0 Å². The Labute approximate surface area is 124 Å². The molecule has 21 heavy (non-hydrogen) atoms. The lowest BCUT2D eigenvalue weighted by Gasteiger charge is -2.10. The van der Waals surface area contributed by atoms with Crippen LogP contribution in [0.5, 0.6) is 0 Å². The first kappa shape index (κ1) is 13.4. The Morgan fingerprint density at radius 3 is 2.00 bits per heavy atom. The van der Waals surface area contributed by atoms with E-state index in [1.807, 2.05) is 60.7 Å². The molecule has 3 rings (SSSR count). The summed E-state index contributed by atoms with van der Waals surface area (Å²) in [4.78, 5) is 12.2. The Bertz CT molecular complexity index is 688. The first-order valence-electron chi connectivity index (χ1n) is 7.13. The minimum absolute atomic E-state index is 0.0667. The van der Waals surface area contributed by atoms with E-state index in [9.17, 15) is 4.79 Å². The van der Waals surface area contributed by atoms with E-state index in [0.29, 0.717) is 12.1 Å². The summed E-state index contributed by atoms with van der Waals surface area (Å²) in [6, 6.07) is 19.6. The highest BCUT2D eigenvalue weighted by molar-refractivity contribution is 6.46. The maximum absolute atomic E-state index is 12.2. The van der Waals surface area contributed by atoms with Crippen LogP contribution in [0.4, 0.5) is 0 Å². The molecule has 0 atom stereocenters. The molecule has 1 heterocycles. The molecule has 1 aliphatic rings. The van der Waals surface area contributed by atoms with E-state index in [4.69, 9.17) is 0 Å². The molecule has 1 aliphatic heterocycles. The number of rotatable bonds is 2. The summed E-state index contributed by atoms with van der Waals surface area (Å²) in [6.07, 6.45) is 2.10. The van der Waals surface area contributed by atoms with Gasteiger partial charge in [0.15, 0.2) is 5.78 Å². The molecular weight excluding hydrogens is 260 g/mol. The van der Waals surface area contributed by atoms with E-state index in [2.05, 4.69) is 10.2 Å². The predicted molar refractivity (Wildman–Crippen MR) is 84.8 cm³/mol. The van der Waals surface area contributed by atoms with Crippen LogP contribution in [0, 0.1) is 0 Å². The molecule has 0 fully saturated rings. The van der Waals surface area contributed by atoms with Gasteiger partial charge in [-0.2, -0.15) is 5.10 Å². The predicted octanol–water partition coefficient (Wildman–Crippen LogP) is 3.63. The van der Waals surface area contributed by atoms with Crippen LogP contribution in [0.1, 0.15) is 30.4 Å². The number of nitrogens with zero attached hydrogens (tertiary/aromatic N) is 2. The van der Waals surface area contributed by atoms with Crippen LogP contribution in [0.3, 0.4) is 0 Å². The van der Waals surface area contributed by atoms with Crippen molar-refractivity contribution >= 4 is 17.2 Å². The molecule has 0 spiro atoms. The average Bonchev–Trinajstić information content (AvgIpc) is 2.53. The van der Waals surface area contributed by atoms with Gasteiger partial charge in [0.05, 0.1) is 5.71 Å². The summed E-state index contributed by atoms with van der Waals surface area (Å²) in [5, 5.41) is 8.59. The zero-order valence-corrected chi connectivity index (χ0v) is 11.7. The van der Waals surface area contributed by atoms with E-state index in [-0.39, 0.29) is 5.78 Å². The smallest absolute Gasteiger partial charge is 0.183 e. The second-order valence-corrected chi connectivity index (χ2v) is 5.00. The van der Waals surface area contributed by atoms with Gasteiger partial charge in [0.1, 0.15) is 5.71 Å². The molecule has 0 saturated heterocycles. The fourth-order valence-electron chi connectivity index (χ4n) is 2.40. The molecule has 0 aromatic heterocycles. The van der Waals surface area contributed by atoms with Crippen molar-refractivity contribution in [2.75, 3.05) is 0 Å². The number of benzene rings is 2. The van der Waals surface area contributed by atoms with Gasteiger partial charge in [-0.25, -0.2) is 0 Å². The molecule has 2 aromatic rings. The lowest BCUT2D eigenvalue weighted by Crippen LogP contribution is -2.18. The third kappa shape index (κ3) is 3.14. The molecular formula is C18H16N2O. The fourth-order valence-corrected chi connectivity index (χ4v) is 2.40. The minimum Gasteiger partial charge on any atom is -0.292 e. The van der Waals surface area contributed by atoms with E-state index in [1.54, 1.807) is 0 Å². The highest BCUT2D eigenvalue weighted by Crippen LogP contribution is 2.14. The maximum atomic E-state index is 12.2. The standard InChI is InChI=1S/C18H16N2O/c21-17-13-7-12-16(14-8-3-1-4-9-14)19-20-18(17)15-10-5-2-6-11-15/h1-6,8-11H,7,12-13H2/b19-16+,20-18?. The van der Waals surface area contributed by atoms with Crippen molar-refractivity contribution in [3.8, 4) is 0 Å². The van der Waals surface area contributed by atoms with Crippen LogP contribution in [-0.4, -0.2) is 17.2 Å². The first-order valence-corrected chi connectivity index (χ1v) is 7.13. The van der Waals surface area contributed by atoms with Crippen molar-refractivity contribution in [3.05, 3.63) is 71.8 Å². The van der Waals surface area contributed by atoms with Crippen LogP contribution in [0.15, 0.2) is 70.9 Å². The highest BCUT2D eigenvalue weighted by Gasteiger charge is 2.17. The first-order chi connectivity index (χ1) is 10.3. The van der Waals surface area contributed by atoms with Crippen LogP contribution >= 0.6 is 0 Å². The highest BCUT2D eigenvalue weighted by atomic mass is 16.1. The molecule has 2 aromatic carbocycles. The van der Waals surface area contributed by atoms with Gasteiger partial charge < -0.3 is 0 Å². The van der Waals surface area contributed by atoms with Crippen molar-refractivity contribution in [2.24, 2.45) is 10.2 Å². The number of hydrogen-bond donors (Lipinski definition) is 0. The lowest BCUT2D eigenvalue weighted by molar-refractivity contribution is -0.113. The third-order valence-corrected chi connectivity index (χ3v) is 3.51.